The van der Waals surface area contributed by atoms with E-state index in [1.54, 1.807) is 12.2 Å². The van der Waals surface area contributed by atoms with Gasteiger partial charge in [-0.3, -0.25) is 0 Å². The van der Waals surface area contributed by atoms with Crippen LogP contribution in [0.15, 0.2) is 41.3 Å². The van der Waals surface area contributed by atoms with E-state index in [0.717, 1.165) is 12.1 Å². The molecule has 16 heavy (non-hydrogen) atoms. The molecule has 6 heteroatoms. The molecule has 0 aliphatic carbocycles. The molecule has 0 aliphatic heterocycles. The number of halogens is 1. The van der Waals surface area contributed by atoms with Crippen molar-refractivity contribution < 1.29 is 12.8 Å². The van der Waals surface area contributed by atoms with Crippen molar-refractivity contribution in [3.63, 3.8) is 0 Å². The molecule has 0 spiro atoms. The maximum atomic E-state index is 12.6. The molecule has 0 heterocycles. The van der Waals surface area contributed by atoms with Crippen LogP contribution in [0, 0.1) is 5.82 Å². The number of nitrogens with two attached hydrogens (primary N) is 1. The molecule has 0 bridgehead atoms. The van der Waals surface area contributed by atoms with Gasteiger partial charge in [0.2, 0.25) is 10.0 Å². The number of nitrogens with one attached hydrogen (secondary N) is 1. The molecule has 0 unspecified atom stereocenters. The third kappa shape index (κ3) is 3.73. The zero-order chi connectivity index (χ0) is 12.0. The molecule has 1 aromatic rings. The van der Waals surface area contributed by atoms with Gasteiger partial charge in [-0.1, -0.05) is 12.2 Å². The molecular weight excluding hydrogens is 231 g/mol. The highest BCUT2D eigenvalue weighted by atomic mass is 32.2. The third-order valence-corrected chi connectivity index (χ3v) is 3.26. The van der Waals surface area contributed by atoms with Crippen molar-refractivity contribution in [2.75, 3.05) is 13.1 Å². The second-order valence-electron chi connectivity index (χ2n) is 3.01. The van der Waals surface area contributed by atoms with Gasteiger partial charge in [-0.05, 0) is 24.3 Å². The van der Waals surface area contributed by atoms with Crippen LogP contribution in [0.25, 0.3) is 0 Å². The Morgan fingerprint density at radius 3 is 2.44 bits per heavy atom. The first-order chi connectivity index (χ1) is 7.56. The van der Waals surface area contributed by atoms with Crippen molar-refractivity contribution in [2.24, 2.45) is 5.73 Å². The standard InChI is InChI=1S/C10H13FN2O2S/c11-9-3-5-10(6-4-9)16(14,15)13-8-2-1-7-12/h1-6,13H,7-8,12H2/b2-1+. The quantitative estimate of drug-likeness (QED) is 0.746. The third-order valence-electron chi connectivity index (χ3n) is 1.82. The topological polar surface area (TPSA) is 72.2 Å². The van der Waals surface area contributed by atoms with Gasteiger partial charge in [0.25, 0.3) is 0 Å². The van der Waals surface area contributed by atoms with E-state index < -0.39 is 15.8 Å². The molecule has 0 radical (unpaired) electrons. The van der Waals surface area contributed by atoms with Crippen molar-refractivity contribution in [1.29, 1.82) is 0 Å². The molecule has 0 aliphatic rings. The number of benzene rings is 1. The first-order valence-corrected chi connectivity index (χ1v) is 6.15. The normalized spacial score (nSPS) is 12.1. The highest BCUT2D eigenvalue weighted by Gasteiger charge is 2.11. The first kappa shape index (κ1) is 12.8. The van der Waals surface area contributed by atoms with Crippen molar-refractivity contribution >= 4 is 10.0 Å². The summed E-state index contributed by atoms with van der Waals surface area (Å²) in [6, 6.07) is 4.63. The predicted molar refractivity (Wildman–Crippen MR) is 59.8 cm³/mol. The Morgan fingerprint density at radius 1 is 1.25 bits per heavy atom. The second kappa shape index (κ2) is 5.74. The maximum Gasteiger partial charge on any atom is 0.240 e. The van der Waals surface area contributed by atoms with Gasteiger partial charge in [-0.15, -0.1) is 0 Å². The minimum atomic E-state index is -3.57. The Kier molecular flexibility index (Phi) is 4.60. The highest BCUT2D eigenvalue weighted by Crippen LogP contribution is 2.08. The Balaban J connectivity index is 2.71. The minimum absolute atomic E-state index is 0.0371. The fourth-order valence-corrected chi connectivity index (χ4v) is 2.01. The zero-order valence-electron chi connectivity index (χ0n) is 8.56. The minimum Gasteiger partial charge on any atom is -0.327 e. The summed E-state index contributed by atoms with van der Waals surface area (Å²) in [6.07, 6.45) is 3.26. The van der Waals surface area contributed by atoms with Crippen LogP contribution in [-0.2, 0) is 10.0 Å². The molecule has 0 aromatic heterocycles. The molecule has 0 saturated carbocycles. The van der Waals surface area contributed by atoms with Crippen LogP contribution < -0.4 is 10.5 Å². The van der Waals surface area contributed by atoms with Gasteiger partial charge >= 0.3 is 0 Å². The molecule has 1 aromatic carbocycles. The average molecular weight is 244 g/mol. The van der Waals surface area contributed by atoms with E-state index in [-0.39, 0.29) is 11.4 Å². The van der Waals surface area contributed by atoms with Crippen LogP contribution in [0.4, 0.5) is 4.39 Å². The van der Waals surface area contributed by atoms with Crippen molar-refractivity contribution in [2.45, 2.75) is 4.90 Å². The molecule has 88 valence electrons. The van der Waals surface area contributed by atoms with E-state index in [4.69, 9.17) is 5.73 Å². The van der Waals surface area contributed by atoms with Gasteiger partial charge in [-0.25, -0.2) is 17.5 Å². The van der Waals surface area contributed by atoms with Gasteiger partial charge in [-0.2, -0.15) is 0 Å². The van der Waals surface area contributed by atoms with E-state index in [0.29, 0.717) is 6.54 Å². The molecular formula is C10H13FN2O2S. The van der Waals surface area contributed by atoms with Crippen LogP contribution >= 0.6 is 0 Å². The molecule has 4 nitrogen and oxygen atoms in total. The lowest BCUT2D eigenvalue weighted by molar-refractivity contribution is 0.584. The number of rotatable bonds is 5. The van der Waals surface area contributed by atoms with E-state index >= 15 is 0 Å². The molecule has 0 fully saturated rings. The van der Waals surface area contributed by atoms with Gasteiger partial charge in [0, 0.05) is 13.1 Å². The monoisotopic (exact) mass is 244 g/mol. The van der Waals surface area contributed by atoms with Gasteiger partial charge < -0.3 is 5.73 Å². The van der Waals surface area contributed by atoms with E-state index in [2.05, 4.69) is 4.72 Å². The SMILES string of the molecule is NC/C=C/CNS(=O)(=O)c1ccc(F)cc1. The van der Waals surface area contributed by atoms with Crippen LogP contribution in [0.2, 0.25) is 0 Å². The lowest BCUT2D eigenvalue weighted by atomic mass is 10.4. The van der Waals surface area contributed by atoms with Crippen molar-refractivity contribution in [3.05, 3.63) is 42.2 Å². The number of hydrogen-bond donors (Lipinski definition) is 2. The largest absolute Gasteiger partial charge is 0.327 e. The zero-order valence-corrected chi connectivity index (χ0v) is 9.37. The van der Waals surface area contributed by atoms with Gasteiger partial charge in [0.05, 0.1) is 4.90 Å². The smallest absolute Gasteiger partial charge is 0.240 e. The summed E-state index contributed by atoms with van der Waals surface area (Å²) < 4.78 is 38.1. The van der Waals surface area contributed by atoms with E-state index in [1.165, 1.54) is 12.1 Å². The predicted octanol–water partition coefficient (Wildman–Crippen LogP) is 0.619. The fraction of sp³-hybridized carbons (Fsp3) is 0.200. The van der Waals surface area contributed by atoms with Gasteiger partial charge in [0.15, 0.2) is 0 Å². The highest BCUT2D eigenvalue weighted by molar-refractivity contribution is 7.89. The summed E-state index contributed by atoms with van der Waals surface area (Å²) in [7, 11) is -3.57. The Labute approximate surface area is 94.0 Å². The Bertz CT molecular complexity index is 454. The lowest BCUT2D eigenvalue weighted by Crippen LogP contribution is -2.23. The van der Waals surface area contributed by atoms with Crippen LogP contribution in [0.5, 0.6) is 0 Å². The van der Waals surface area contributed by atoms with Gasteiger partial charge in [0.1, 0.15) is 5.82 Å². The molecule has 0 amide bonds. The summed E-state index contributed by atoms with van der Waals surface area (Å²) in [6.45, 7) is 0.523. The van der Waals surface area contributed by atoms with Crippen LogP contribution in [0.3, 0.4) is 0 Å². The molecule has 0 atom stereocenters. The van der Waals surface area contributed by atoms with E-state index in [1.807, 2.05) is 0 Å². The van der Waals surface area contributed by atoms with E-state index in [9.17, 15) is 12.8 Å². The number of hydrogen-bond acceptors (Lipinski definition) is 3. The summed E-state index contributed by atoms with van der Waals surface area (Å²) >= 11 is 0. The van der Waals surface area contributed by atoms with Crippen molar-refractivity contribution in [3.8, 4) is 0 Å². The van der Waals surface area contributed by atoms with Crippen molar-refractivity contribution in [1.82, 2.24) is 4.72 Å². The lowest BCUT2D eigenvalue weighted by Gasteiger charge is -2.03. The second-order valence-corrected chi connectivity index (χ2v) is 4.78. The summed E-state index contributed by atoms with van der Waals surface area (Å²) in [5.74, 6) is -0.470. The summed E-state index contributed by atoms with van der Waals surface area (Å²) in [5.41, 5.74) is 5.20. The number of sulfonamides is 1. The Morgan fingerprint density at radius 2 is 1.88 bits per heavy atom. The fourth-order valence-electron chi connectivity index (χ4n) is 1.03. The summed E-state index contributed by atoms with van der Waals surface area (Å²) in [5, 5.41) is 0. The first-order valence-electron chi connectivity index (χ1n) is 4.66. The maximum absolute atomic E-state index is 12.6. The molecule has 0 saturated heterocycles. The molecule has 3 N–H and O–H groups in total. The summed E-state index contributed by atoms with van der Waals surface area (Å²) in [4.78, 5) is 0.0371. The Hall–Kier alpha value is -1.24. The van der Waals surface area contributed by atoms with Crippen LogP contribution in [-0.4, -0.2) is 21.5 Å². The van der Waals surface area contributed by atoms with Crippen LogP contribution in [0.1, 0.15) is 0 Å². The molecule has 1 rings (SSSR count). The average Bonchev–Trinajstić information content (AvgIpc) is 2.25.